The Morgan fingerprint density at radius 3 is 2.73 bits per heavy atom. The molecule has 0 aliphatic heterocycles. The number of hydrogen-bond acceptors (Lipinski definition) is 3. The normalized spacial score (nSPS) is 10.5. The quantitative estimate of drug-likeness (QED) is 0.719. The van der Waals surface area contributed by atoms with Gasteiger partial charge in [-0.05, 0) is 24.6 Å². The van der Waals surface area contributed by atoms with Crippen LogP contribution < -0.4 is 11.5 Å². The van der Waals surface area contributed by atoms with Crippen molar-refractivity contribution in [2.24, 2.45) is 5.73 Å². The van der Waals surface area contributed by atoms with E-state index in [1.165, 1.54) is 0 Å². The summed E-state index contributed by atoms with van der Waals surface area (Å²) in [4.78, 5) is 4.16. The molecule has 1 aromatic carbocycles. The monoisotopic (exact) mass is 202 g/mol. The molecule has 0 radical (unpaired) electrons. The lowest BCUT2D eigenvalue weighted by molar-refractivity contribution is 0.972. The van der Waals surface area contributed by atoms with Crippen LogP contribution in [0.1, 0.15) is 11.4 Å². The third kappa shape index (κ3) is 1.71. The molecule has 4 nitrogen and oxygen atoms in total. The molecule has 0 amide bonds. The van der Waals surface area contributed by atoms with Crippen LogP contribution >= 0.6 is 0 Å². The van der Waals surface area contributed by atoms with Gasteiger partial charge in [0.2, 0.25) is 0 Å². The zero-order valence-corrected chi connectivity index (χ0v) is 8.64. The Bertz CT molecular complexity index is 473. The summed E-state index contributed by atoms with van der Waals surface area (Å²) in [5, 5.41) is 0. The second kappa shape index (κ2) is 3.74. The minimum absolute atomic E-state index is 0.507. The molecule has 1 aromatic heterocycles. The van der Waals surface area contributed by atoms with Crippen molar-refractivity contribution in [3.8, 4) is 5.69 Å². The van der Waals surface area contributed by atoms with Gasteiger partial charge in [0, 0.05) is 18.9 Å². The van der Waals surface area contributed by atoms with Crippen LogP contribution in [0.4, 0.5) is 5.69 Å². The van der Waals surface area contributed by atoms with Gasteiger partial charge >= 0.3 is 0 Å². The van der Waals surface area contributed by atoms with Crippen molar-refractivity contribution in [2.45, 2.75) is 13.5 Å². The standard InChI is InChI=1S/C11H14N4/c1-8-14-4-5-15(8)11-3-2-9(7-12)6-10(11)13/h2-6H,7,12-13H2,1H3. The molecular weight excluding hydrogens is 188 g/mol. The molecule has 2 rings (SSSR count). The van der Waals surface area contributed by atoms with Crippen molar-refractivity contribution in [1.29, 1.82) is 0 Å². The first-order valence-electron chi connectivity index (χ1n) is 4.81. The van der Waals surface area contributed by atoms with Gasteiger partial charge in [0.1, 0.15) is 5.82 Å². The number of aryl methyl sites for hydroxylation is 1. The summed E-state index contributed by atoms with van der Waals surface area (Å²) < 4.78 is 1.95. The van der Waals surface area contributed by atoms with E-state index in [1.807, 2.05) is 35.9 Å². The van der Waals surface area contributed by atoms with Gasteiger partial charge in [-0.3, -0.25) is 0 Å². The van der Waals surface area contributed by atoms with Gasteiger partial charge in [-0.1, -0.05) is 6.07 Å². The molecule has 2 aromatic rings. The van der Waals surface area contributed by atoms with Crippen LogP contribution in [0.5, 0.6) is 0 Å². The minimum atomic E-state index is 0.507. The second-order valence-electron chi connectivity index (χ2n) is 3.44. The number of benzene rings is 1. The number of nitrogens with zero attached hydrogens (tertiary/aromatic N) is 2. The number of hydrogen-bond donors (Lipinski definition) is 2. The van der Waals surface area contributed by atoms with Gasteiger partial charge in [0.15, 0.2) is 0 Å². The maximum absolute atomic E-state index is 5.95. The highest BCUT2D eigenvalue weighted by molar-refractivity contribution is 5.59. The number of nitrogens with two attached hydrogens (primary N) is 2. The molecular formula is C11H14N4. The lowest BCUT2D eigenvalue weighted by Crippen LogP contribution is -2.03. The first kappa shape index (κ1) is 9.73. The summed E-state index contributed by atoms with van der Waals surface area (Å²) in [6.07, 6.45) is 3.65. The van der Waals surface area contributed by atoms with Crippen molar-refractivity contribution in [2.75, 3.05) is 5.73 Å². The van der Waals surface area contributed by atoms with Crippen LogP contribution in [0, 0.1) is 6.92 Å². The molecule has 0 aliphatic rings. The van der Waals surface area contributed by atoms with Gasteiger partial charge in [-0.25, -0.2) is 4.98 Å². The Labute approximate surface area is 88.5 Å². The molecule has 1 heterocycles. The van der Waals surface area contributed by atoms with Crippen LogP contribution in [0.2, 0.25) is 0 Å². The topological polar surface area (TPSA) is 69.9 Å². The van der Waals surface area contributed by atoms with Gasteiger partial charge in [0.05, 0.1) is 11.4 Å². The molecule has 4 heteroatoms. The summed E-state index contributed by atoms with van der Waals surface area (Å²) in [5.74, 6) is 0.919. The molecule has 0 bridgehead atoms. The lowest BCUT2D eigenvalue weighted by atomic mass is 10.1. The molecule has 0 fully saturated rings. The third-order valence-electron chi connectivity index (χ3n) is 2.41. The van der Waals surface area contributed by atoms with Crippen molar-refractivity contribution in [3.05, 3.63) is 42.0 Å². The third-order valence-corrected chi connectivity index (χ3v) is 2.41. The second-order valence-corrected chi connectivity index (χ2v) is 3.44. The maximum atomic E-state index is 5.95. The Hall–Kier alpha value is -1.81. The van der Waals surface area contributed by atoms with E-state index in [4.69, 9.17) is 11.5 Å². The van der Waals surface area contributed by atoms with E-state index < -0.39 is 0 Å². The molecule has 15 heavy (non-hydrogen) atoms. The number of nitrogen functional groups attached to an aromatic ring is 1. The van der Waals surface area contributed by atoms with Crippen LogP contribution in [-0.2, 0) is 6.54 Å². The fraction of sp³-hybridized carbons (Fsp3) is 0.182. The van der Waals surface area contributed by atoms with E-state index >= 15 is 0 Å². The summed E-state index contributed by atoms with van der Waals surface area (Å²) in [5.41, 5.74) is 14.2. The van der Waals surface area contributed by atoms with E-state index in [-0.39, 0.29) is 0 Å². The highest BCUT2D eigenvalue weighted by atomic mass is 15.1. The average molecular weight is 202 g/mol. The molecule has 0 saturated carbocycles. The number of rotatable bonds is 2. The van der Waals surface area contributed by atoms with Crippen LogP contribution in [0.15, 0.2) is 30.6 Å². The van der Waals surface area contributed by atoms with Crippen molar-refractivity contribution >= 4 is 5.69 Å². The van der Waals surface area contributed by atoms with Gasteiger partial charge in [0.25, 0.3) is 0 Å². The van der Waals surface area contributed by atoms with Crippen LogP contribution in [0.3, 0.4) is 0 Å². The Kier molecular flexibility index (Phi) is 2.43. The molecule has 0 unspecified atom stereocenters. The highest BCUT2D eigenvalue weighted by Gasteiger charge is 2.04. The number of anilines is 1. The average Bonchev–Trinajstić information content (AvgIpc) is 2.64. The van der Waals surface area contributed by atoms with Crippen LogP contribution in [0.25, 0.3) is 5.69 Å². The smallest absolute Gasteiger partial charge is 0.110 e. The van der Waals surface area contributed by atoms with E-state index in [9.17, 15) is 0 Å². The first-order valence-corrected chi connectivity index (χ1v) is 4.81. The fourth-order valence-corrected chi connectivity index (χ4v) is 1.58. The Morgan fingerprint density at radius 1 is 1.40 bits per heavy atom. The van der Waals surface area contributed by atoms with E-state index in [2.05, 4.69) is 4.98 Å². The summed E-state index contributed by atoms with van der Waals surface area (Å²) >= 11 is 0. The van der Waals surface area contributed by atoms with E-state index in [1.54, 1.807) is 6.20 Å². The SMILES string of the molecule is Cc1nccn1-c1ccc(CN)cc1N. The Morgan fingerprint density at radius 2 is 2.20 bits per heavy atom. The maximum Gasteiger partial charge on any atom is 0.110 e. The minimum Gasteiger partial charge on any atom is -0.397 e. The van der Waals surface area contributed by atoms with Crippen molar-refractivity contribution < 1.29 is 0 Å². The molecule has 4 N–H and O–H groups in total. The van der Waals surface area contributed by atoms with Crippen molar-refractivity contribution in [3.63, 3.8) is 0 Å². The number of aromatic nitrogens is 2. The Balaban J connectivity index is 2.50. The zero-order chi connectivity index (χ0) is 10.8. The van der Waals surface area contributed by atoms with Gasteiger partial charge in [-0.2, -0.15) is 0 Å². The fourth-order valence-electron chi connectivity index (χ4n) is 1.58. The van der Waals surface area contributed by atoms with E-state index in [0.29, 0.717) is 6.54 Å². The van der Waals surface area contributed by atoms with Gasteiger partial charge < -0.3 is 16.0 Å². The highest BCUT2D eigenvalue weighted by Crippen LogP contribution is 2.19. The van der Waals surface area contributed by atoms with Gasteiger partial charge in [-0.15, -0.1) is 0 Å². The largest absolute Gasteiger partial charge is 0.397 e. The molecule has 0 atom stereocenters. The van der Waals surface area contributed by atoms with Crippen molar-refractivity contribution in [1.82, 2.24) is 9.55 Å². The molecule has 0 spiro atoms. The predicted octanol–water partition coefficient (Wildman–Crippen LogP) is 1.22. The lowest BCUT2D eigenvalue weighted by Gasteiger charge is -2.09. The zero-order valence-electron chi connectivity index (χ0n) is 8.64. The number of imidazole rings is 1. The molecule has 0 saturated heterocycles. The summed E-state index contributed by atoms with van der Waals surface area (Å²) in [7, 11) is 0. The van der Waals surface area contributed by atoms with E-state index in [0.717, 1.165) is 22.8 Å². The predicted molar refractivity (Wildman–Crippen MR) is 60.6 cm³/mol. The first-order chi connectivity index (χ1) is 7.22. The molecule has 78 valence electrons. The summed E-state index contributed by atoms with van der Waals surface area (Å²) in [6.45, 7) is 2.45. The van der Waals surface area contributed by atoms with Crippen LogP contribution in [-0.4, -0.2) is 9.55 Å². The molecule has 0 aliphatic carbocycles. The summed E-state index contributed by atoms with van der Waals surface area (Å²) in [6, 6.07) is 5.84.